The van der Waals surface area contributed by atoms with Gasteiger partial charge in [-0.05, 0) is 29.8 Å². The van der Waals surface area contributed by atoms with E-state index in [1.165, 1.54) is 0 Å². The molecule has 0 radical (unpaired) electrons. The molecule has 0 aliphatic carbocycles. The summed E-state index contributed by atoms with van der Waals surface area (Å²) >= 11 is 0. The van der Waals surface area contributed by atoms with Crippen LogP contribution in [-0.4, -0.2) is 22.8 Å². The summed E-state index contributed by atoms with van der Waals surface area (Å²) in [7, 11) is 1.76. The Bertz CT molecular complexity index is 614. The van der Waals surface area contributed by atoms with Crippen molar-refractivity contribution in [1.29, 1.82) is 5.26 Å². The van der Waals surface area contributed by atoms with Crippen molar-refractivity contribution >= 4 is 5.91 Å². The normalized spacial score (nSPS) is 9.80. The first-order valence-corrected chi connectivity index (χ1v) is 6.32. The second-order valence-corrected chi connectivity index (χ2v) is 4.56. The number of aromatic nitrogens is 1. The maximum atomic E-state index is 12.1. The van der Waals surface area contributed by atoms with Crippen molar-refractivity contribution in [1.82, 2.24) is 9.88 Å². The quantitative estimate of drug-likeness (QED) is 0.851. The summed E-state index contributed by atoms with van der Waals surface area (Å²) in [5.74, 6) is 0.0281. The van der Waals surface area contributed by atoms with Crippen molar-refractivity contribution in [3.63, 3.8) is 0 Å². The Balaban J connectivity index is 1.95. The zero-order valence-corrected chi connectivity index (χ0v) is 11.3. The molecule has 0 atom stereocenters. The van der Waals surface area contributed by atoms with E-state index >= 15 is 0 Å². The number of nitriles is 1. The van der Waals surface area contributed by atoms with Crippen LogP contribution in [-0.2, 0) is 17.8 Å². The van der Waals surface area contributed by atoms with Crippen LogP contribution < -0.4 is 0 Å². The van der Waals surface area contributed by atoms with E-state index in [1.54, 1.807) is 30.3 Å². The minimum absolute atomic E-state index is 0.0281. The molecule has 0 saturated heterocycles. The van der Waals surface area contributed by atoms with E-state index in [9.17, 15) is 4.79 Å². The molecule has 0 N–H and O–H groups in total. The Labute approximate surface area is 118 Å². The third kappa shape index (κ3) is 3.66. The summed E-state index contributed by atoms with van der Waals surface area (Å²) in [5.41, 5.74) is 2.37. The van der Waals surface area contributed by atoms with Crippen molar-refractivity contribution in [2.45, 2.75) is 13.0 Å². The second kappa shape index (κ2) is 6.48. The summed E-state index contributed by atoms with van der Waals surface area (Å²) < 4.78 is 0. The summed E-state index contributed by atoms with van der Waals surface area (Å²) in [6.07, 6.45) is 2.04. The number of amides is 1. The molecule has 0 saturated carbocycles. The number of benzene rings is 1. The van der Waals surface area contributed by atoms with Gasteiger partial charge in [0.2, 0.25) is 5.91 Å². The molecule has 1 heterocycles. The molecule has 4 nitrogen and oxygen atoms in total. The van der Waals surface area contributed by atoms with E-state index in [0.29, 0.717) is 18.5 Å². The molecule has 0 unspecified atom stereocenters. The number of carbonyl (C=O) groups excluding carboxylic acids is 1. The van der Waals surface area contributed by atoms with Gasteiger partial charge < -0.3 is 4.90 Å². The zero-order chi connectivity index (χ0) is 14.4. The third-order valence-corrected chi connectivity index (χ3v) is 2.99. The average molecular weight is 265 g/mol. The molecule has 1 aromatic carbocycles. The van der Waals surface area contributed by atoms with E-state index in [0.717, 1.165) is 11.3 Å². The molecule has 4 heteroatoms. The number of likely N-dealkylation sites (N-methyl/N-ethyl adjacent to an activating group) is 1. The predicted octanol–water partition coefficient (Wildman–Crippen LogP) is 2.15. The lowest BCUT2D eigenvalue weighted by Crippen LogP contribution is -2.28. The van der Waals surface area contributed by atoms with Gasteiger partial charge in [0.1, 0.15) is 0 Å². The third-order valence-electron chi connectivity index (χ3n) is 2.99. The van der Waals surface area contributed by atoms with Crippen molar-refractivity contribution < 1.29 is 4.79 Å². The fraction of sp³-hybridized carbons (Fsp3) is 0.188. The fourth-order valence-corrected chi connectivity index (χ4v) is 1.83. The monoisotopic (exact) mass is 265 g/mol. The molecular formula is C16H15N3O. The van der Waals surface area contributed by atoms with E-state index in [2.05, 4.69) is 11.1 Å². The van der Waals surface area contributed by atoms with Crippen LogP contribution in [0.4, 0.5) is 0 Å². The maximum absolute atomic E-state index is 12.1. The van der Waals surface area contributed by atoms with Gasteiger partial charge in [-0.1, -0.05) is 18.2 Å². The number of hydrogen-bond donors (Lipinski definition) is 0. The van der Waals surface area contributed by atoms with Gasteiger partial charge in [0, 0.05) is 13.2 Å². The maximum Gasteiger partial charge on any atom is 0.227 e. The molecule has 2 aromatic rings. The first kappa shape index (κ1) is 13.8. The van der Waals surface area contributed by atoms with Crippen LogP contribution in [0.3, 0.4) is 0 Å². The molecule has 2 rings (SSSR count). The number of nitrogens with zero attached hydrogens (tertiary/aromatic N) is 3. The second-order valence-electron chi connectivity index (χ2n) is 4.56. The Kier molecular flexibility index (Phi) is 4.46. The van der Waals surface area contributed by atoms with Crippen LogP contribution >= 0.6 is 0 Å². The minimum atomic E-state index is 0.0281. The lowest BCUT2D eigenvalue weighted by atomic mass is 10.1. The van der Waals surface area contributed by atoms with Crippen molar-refractivity contribution in [3.8, 4) is 6.07 Å². The highest BCUT2D eigenvalue weighted by Gasteiger charge is 2.10. The molecule has 100 valence electrons. The van der Waals surface area contributed by atoms with Crippen molar-refractivity contribution in [3.05, 3.63) is 65.5 Å². The lowest BCUT2D eigenvalue weighted by Gasteiger charge is -2.16. The topological polar surface area (TPSA) is 57.0 Å². The highest BCUT2D eigenvalue weighted by atomic mass is 16.2. The van der Waals surface area contributed by atoms with Crippen LogP contribution in [0.2, 0.25) is 0 Å². The molecule has 0 aliphatic heterocycles. The van der Waals surface area contributed by atoms with Gasteiger partial charge in [-0.25, -0.2) is 0 Å². The summed E-state index contributed by atoms with van der Waals surface area (Å²) in [4.78, 5) is 18.0. The van der Waals surface area contributed by atoms with E-state index in [1.807, 2.05) is 30.3 Å². The van der Waals surface area contributed by atoms with Gasteiger partial charge in [-0.2, -0.15) is 5.26 Å². The van der Waals surface area contributed by atoms with Crippen LogP contribution in [0.1, 0.15) is 16.8 Å². The molecular weight excluding hydrogens is 250 g/mol. The molecule has 1 aromatic heterocycles. The van der Waals surface area contributed by atoms with Crippen LogP contribution in [0.25, 0.3) is 0 Å². The number of rotatable bonds is 4. The Morgan fingerprint density at radius 1 is 1.25 bits per heavy atom. The molecule has 20 heavy (non-hydrogen) atoms. The molecule has 0 spiro atoms. The largest absolute Gasteiger partial charge is 0.340 e. The number of carbonyl (C=O) groups is 1. The molecule has 1 amide bonds. The smallest absolute Gasteiger partial charge is 0.227 e. The zero-order valence-electron chi connectivity index (χ0n) is 11.3. The molecule has 0 bridgehead atoms. The SMILES string of the molecule is CN(Cc1ccccn1)C(=O)Cc1ccc(C#N)cc1. The van der Waals surface area contributed by atoms with Gasteiger partial charge in [0.25, 0.3) is 0 Å². The Morgan fingerprint density at radius 3 is 2.60 bits per heavy atom. The number of pyridine rings is 1. The van der Waals surface area contributed by atoms with Crippen molar-refractivity contribution in [2.24, 2.45) is 0 Å². The van der Waals surface area contributed by atoms with Crippen molar-refractivity contribution in [2.75, 3.05) is 7.05 Å². The van der Waals surface area contributed by atoms with Gasteiger partial charge in [0.15, 0.2) is 0 Å². The first-order valence-electron chi connectivity index (χ1n) is 6.32. The Morgan fingerprint density at radius 2 is 2.00 bits per heavy atom. The molecule has 0 fully saturated rings. The van der Waals surface area contributed by atoms with Gasteiger partial charge in [-0.3, -0.25) is 9.78 Å². The van der Waals surface area contributed by atoms with Crippen LogP contribution in [0, 0.1) is 11.3 Å². The summed E-state index contributed by atoms with van der Waals surface area (Å²) in [6.45, 7) is 0.496. The summed E-state index contributed by atoms with van der Waals surface area (Å²) in [6, 6.07) is 14.8. The fourth-order valence-electron chi connectivity index (χ4n) is 1.83. The first-order chi connectivity index (χ1) is 9.69. The van der Waals surface area contributed by atoms with Gasteiger partial charge >= 0.3 is 0 Å². The van der Waals surface area contributed by atoms with Gasteiger partial charge in [-0.15, -0.1) is 0 Å². The van der Waals surface area contributed by atoms with Crippen LogP contribution in [0.5, 0.6) is 0 Å². The highest BCUT2D eigenvalue weighted by molar-refractivity contribution is 5.78. The highest BCUT2D eigenvalue weighted by Crippen LogP contribution is 2.07. The lowest BCUT2D eigenvalue weighted by molar-refractivity contribution is -0.129. The summed E-state index contributed by atoms with van der Waals surface area (Å²) in [5, 5.41) is 8.73. The number of hydrogen-bond acceptors (Lipinski definition) is 3. The van der Waals surface area contributed by atoms with E-state index < -0.39 is 0 Å². The van der Waals surface area contributed by atoms with Gasteiger partial charge in [0.05, 0.1) is 30.3 Å². The Hall–Kier alpha value is -2.67. The van der Waals surface area contributed by atoms with Crippen LogP contribution in [0.15, 0.2) is 48.7 Å². The minimum Gasteiger partial charge on any atom is -0.340 e. The van der Waals surface area contributed by atoms with E-state index in [4.69, 9.17) is 5.26 Å². The van der Waals surface area contributed by atoms with E-state index in [-0.39, 0.29) is 5.91 Å². The predicted molar refractivity (Wildman–Crippen MR) is 75.6 cm³/mol. The standard InChI is InChI=1S/C16H15N3O/c1-19(12-15-4-2-3-9-18-15)16(20)10-13-5-7-14(11-17)8-6-13/h2-9H,10,12H2,1H3. The molecule has 0 aliphatic rings. The average Bonchev–Trinajstić information content (AvgIpc) is 2.49.